The number of methoxy groups -OCH3 is 1. The third kappa shape index (κ3) is 2.60. The number of fused-ring (bicyclic) bond motifs is 1. The first-order valence-corrected chi connectivity index (χ1v) is 5.90. The Morgan fingerprint density at radius 2 is 2.11 bits per heavy atom. The molecule has 0 saturated heterocycles. The molecule has 0 unspecified atom stereocenters. The van der Waals surface area contributed by atoms with Crippen molar-refractivity contribution < 1.29 is 15.3 Å². The second kappa shape index (κ2) is 5.51. The summed E-state index contributed by atoms with van der Waals surface area (Å²) in [5.74, 6) is 0.736. The summed E-state index contributed by atoms with van der Waals surface area (Å²) < 4.78 is 5.35. The lowest BCUT2D eigenvalue weighted by Crippen LogP contribution is -2.51. The molecule has 2 aromatic rings. The smallest absolute Gasteiger partial charge is 0.230 e. The molecule has 0 saturated carbocycles. The van der Waals surface area contributed by atoms with E-state index in [0.29, 0.717) is 13.0 Å². The number of ether oxygens (including phenoxy) is 1. The Hall–Kier alpha value is -2.07. The van der Waals surface area contributed by atoms with Crippen molar-refractivity contribution in [3.05, 3.63) is 36.4 Å². The zero-order valence-electron chi connectivity index (χ0n) is 10.4. The lowest BCUT2D eigenvalue weighted by atomic mass is 10.1. The van der Waals surface area contributed by atoms with Gasteiger partial charge in [-0.1, -0.05) is 24.3 Å². The van der Waals surface area contributed by atoms with Gasteiger partial charge in [0.1, 0.15) is 5.75 Å². The monoisotopic (exact) mass is 245 g/mol. The van der Waals surface area contributed by atoms with Crippen molar-refractivity contribution in [3.63, 3.8) is 0 Å². The molecule has 4 nitrogen and oxygen atoms in total. The van der Waals surface area contributed by atoms with Crippen LogP contribution in [0.4, 0.5) is 5.69 Å². The minimum absolute atomic E-state index is 0.0256. The number of carbonyl (C=O) groups is 1. The fraction of sp³-hybridized carbons (Fsp3) is 0.214. The minimum Gasteiger partial charge on any atom is -0.496 e. The first-order chi connectivity index (χ1) is 8.74. The SMILES string of the molecule is COc1cc(NC(=O)CC[NH3+])cc2ccccc12. The van der Waals surface area contributed by atoms with E-state index >= 15 is 0 Å². The van der Waals surface area contributed by atoms with Crippen LogP contribution in [0.5, 0.6) is 5.75 Å². The maximum atomic E-state index is 11.6. The van der Waals surface area contributed by atoms with Crippen molar-refractivity contribution in [1.82, 2.24) is 0 Å². The zero-order chi connectivity index (χ0) is 13.0. The Morgan fingerprint density at radius 3 is 2.83 bits per heavy atom. The van der Waals surface area contributed by atoms with E-state index in [4.69, 9.17) is 4.74 Å². The molecule has 0 aliphatic heterocycles. The van der Waals surface area contributed by atoms with Crippen molar-refractivity contribution in [2.45, 2.75) is 6.42 Å². The first kappa shape index (κ1) is 12.4. The summed E-state index contributed by atoms with van der Waals surface area (Å²) in [7, 11) is 1.63. The Morgan fingerprint density at radius 1 is 1.33 bits per heavy atom. The molecule has 4 N–H and O–H groups in total. The summed E-state index contributed by atoms with van der Waals surface area (Å²) in [5.41, 5.74) is 4.42. The molecule has 0 aliphatic rings. The third-order valence-electron chi connectivity index (χ3n) is 2.73. The van der Waals surface area contributed by atoms with Crippen molar-refractivity contribution in [1.29, 1.82) is 0 Å². The number of anilines is 1. The highest BCUT2D eigenvalue weighted by Gasteiger charge is 2.07. The molecule has 1 amide bonds. The molecular weight excluding hydrogens is 228 g/mol. The van der Waals surface area contributed by atoms with Gasteiger partial charge in [-0.15, -0.1) is 0 Å². The number of amides is 1. The van der Waals surface area contributed by atoms with E-state index in [2.05, 4.69) is 11.1 Å². The van der Waals surface area contributed by atoms with Gasteiger partial charge in [0.15, 0.2) is 0 Å². The van der Waals surface area contributed by atoms with Crippen LogP contribution < -0.4 is 15.8 Å². The number of hydrogen-bond acceptors (Lipinski definition) is 2. The van der Waals surface area contributed by atoms with E-state index in [0.717, 1.165) is 22.2 Å². The maximum Gasteiger partial charge on any atom is 0.230 e. The van der Waals surface area contributed by atoms with Gasteiger partial charge in [0, 0.05) is 17.1 Å². The standard InChI is InChI=1S/C14H16N2O2/c1-18-13-9-11(16-14(17)6-7-15)8-10-4-2-3-5-12(10)13/h2-5,8-9H,6-7,15H2,1H3,(H,16,17)/p+1. The van der Waals surface area contributed by atoms with E-state index in [-0.39, 0.29) is 5.91 Å². The molecule has 0 bridgehead atoms. The maximum absolute atomic E-state index is 11.6. The van der Waals surface area contributed by atoms with E-state index in [9.17, 15) is 4.79 Å². The van der Waals surface area contributed by atoms with Gasteiger partial charge in [0.2, 0.25) is 5.91 Å². The van der Waals surface area contributed by atoms with Gasteiger partial charge < -0.3 is 15.8 Å². The van der Waals surface area contributed by atoms with Gasteiger partial charge in [0.05, 0.1) is 20.1 Å². The third-order valence-corrected chi connectivity index (χ3v) is 2.73. The molecule has 4 heteroatoms. The molecule has 94 valence electrons. The van der Waals surface area contributed by atoms with Crippen LogP contribution in [0.15, 0.2) is 36.4 Å². The molecular formula is C14H17N2O2+. The summed E-state index contributed by atoms with van der Waals surface area (Å²) in [6.07, 6.45) is 0.426. The van der Waals surface area contributed by atoms with Crippen LogP contribution in [0.3, 0.4) is 0 Å². The lowest BCUT2D eigenvalue weighted by Gasteiger charge is -2.10. The molecule has 2 rings (SSSR count). The predicted octanol–water partition coefficient (Wildman–Crippen LogP) is 1.42. The Labute approximate surface area is 106 Å². The lowest BCUT2D eigenvalue weighted by molar-refractivity contribution is -0.365. The van der Waals surface area contributed by atoms with Crippen molar-refractivity contribution >= 4 is 22.4 Å². The number of carbonyl (C=O) groups excluding carboxylic acids is 1. The molecule has 0 radical (unpaired) electrons. The van der Waals surface area contributed by atoms with Crippen LogP contribution in [0.1, 0.15) is 6.42 Å². The molecule has 0 heterocycles. The molecule has 0 aliphatic carbocycles. The summed E-state index contributed by atoms with van der Waals surface area (Å²) in [4.78, 5) is 11.6. The van der Waals surface area contributed by atoms with Gasteiger partial charge in [0.25, 0.3) is 0 Å². The van der Waals surface area contributed by atoms with Gasteiger partial charge in [-0.25, -0.2) is 0 Å². The van der Waals surface area contributed by atoms with Gasteiger partial charge in [-0.05, 0) is 11.5 Å². The first-order valence-electron chi connectivity index (χ1n) is 5.90. The van der Waals surface area contributed by atoms with E-state index in [1.807, 2.05) is 36.4 Å². The van der Waals surface area contributed by atoms with Crippen LogP contribution >= 0.6 is 0 Å². The Balaban J connectivity index is 2.37. The normalized spacial score (nSPS) is 10.3. The van der Waals surface area contributed by atoms with Crippen LogP contribution in [0, 0.1) is 0 Å². The number of hydrogen-bond donors (Lipinski definition) is 2. The van der Waals surface area contributed by atoms with Crippen molar-refractivity contribution in [2.24, 2.45) is 0 Å². The Kier molecular flexibility index (Phi) is 3.79. The average Bonchev–Trinajstić information content (AvgIpc) is 2.38. The van der Waals surface area contributed by atoms with Crippen LogP contribution in [-0.2, 0) is 4.79 Å². The van der Waals surface area contributed by atoms with E-state index in [1.165, 1.54) is 0 Å². The number of nitrogens with one attached hydrogen (secondary N) is 1. The molecule has 18 heavy (non-hydrogen) atoms. The quantitative estimate of drug-likeness (QED) is 0.855. The van der Waals surface area contributed by atoms with Gasteiger partial charge >= 0.3 is 0 Å². The number of quaternary nitrogens is 1. The summed E-state index contributed by atoms with van der Waals surface area (Å²) in [5, 5.41) is 4.93. The summed E-state index contributed by atoms with van der Waals surface area (Å²) in [6, 6.07) is 11.7. The topological polar surface area (TPSA) is 66.0 Å². The number of benzene rings is 2. The minimum atomic E-state index is -0.0256. The second-order valence-corrected chi connectivity index (χ2v) is 4.05. The second-order valence-electron chi connectivity index (χ2n) is 4.05. The van der Waals surface area contributed by atoms with Gasteiger partial charge in [-0.2, -0.15) is 0 Å². The highest BCUT2D eigenvalue weighted by Crippen LogP contribution is 2.29. The molecule has 0 spiro atoms. The van der Waals surface area contributed by atoms with Crippen LogP contribution in [0.2, 0.25) is 0 Å². The Bertz CT molecular complexity index is 567. The summed E-state index contributed by atoms with van der Waals surface area (Å²) in [6.45, 7) is 0.594. The highest BCUT2D eigenvalue weighted by molar-refractivity contribution is 5.97. The fourth-order valence-corrected chi connectivity index (χ4v) is 1.90. The van der Waals surface area contributed by atoms with E-state index in [1.54, 1.807) is 7.11 Å². The van der Waals surface area contributed by atoms with Gasteiger partial charge in [-0.3, -0.25) is 4.79 Å². The van der Waals surface area contributed by atoms with Crippen molar-refractivity contribution in [3.8, 4) is 5.75 Å². The zero-order valence-corrected chi connectivity index (χ0v) is 10.4. The highest BCUT2D eigenvalue weighted by atomic mass is 16.5. The molecule has 0 fully saturated rings. The largest absolute Gasteiger partial charge is 0.496 e. The summed E-state index contributed by atoms with van der Waals surface area (Å²) >= 11 is 0. The molecule has 2 aromatic carbocycles. The fourth-order valence-electron chi connectivity index (χ4n) is 1.90. The van der Waals surface area contributed by atoms with E-state index < -0.39 is 0 Å². The average molecular weight is 245 g/mol. The molecule has 0 atom stereocenters. The molecule has 0 aromatic heterocycles. The predicted molar refractivity (Wildman–Crippen MR) is 71.5 cm³/mol. The van der Waals surface area contributed by atoms with Crippen molar-refractivity contribution in [2.75, 3.05) is 19.0 Å². The van der Waals surface area contributed by atoms with Crippen LogP contribution in [-0.4, -0.2) is 19.6 Å². The van der Waals surface area contributed by atoms with Crippen LogP contribution in [0.25, 0.3) is 10.8 Å². The number of rotatable bonds is 4.